The summed E-state index contributed by atoms with van der Waals surface area (Å²) in [5.41, 5.74) is 0.527. The lowest BCUT2D eigenvalue weighted by atomic mass is 10.3. The third kappa shape index (κ3) is 5.18. The molecule has 8 nitrogen and oxygen atoms in total. The van der Waals surface area contributed by atoms with Crippen molar-refractivity contribution in [1.29, 1.82) is 0 Å². The summed E-state index contributed by atoms with van der Waals surface area (Å²) in [4.78, 5) is 18.4. The van der Waals surface area contributed by atoms with Crippen molar-refractivity contribution in [3.8, 4) is 0 Å². The molecular weight excluding hydrogens is 479 g/mol. The molecular formula is C20H18ClFN4O4S2. The molecule has 1 amide bonds. The van der Waals surface area contributed by atoms with Gasteiger partial charge in [-0.1, -0.05) is 11.6 Å². The predicted molar refractivity (Wildman–Crippen MR) is 122 cm³/mol. The lowest BCUT2D eigenvalue weighted by Crippen LogP contribution is -2.36. The van der Waals surface area contributed by atoms with Crippen molar-refractivity contribution in [3.05, 3.63) is 64.4 Å². The van der Waals surface area contributed by atoms with Crippen LogP contribution in [0.4, 0.5) is 20.9 Å². The Morgan fingerprint density at radius 2 is 1.81 bits per heavy atom. The van der Waals surface area contributed by atoms with Crippen molar-refractivity contribution in [2.75, 3.05) is 41.2 Å². The summed E-state index contributed by atoms with van der Waals surface area (Å²) in [6.45, 7) is 2.57. The van der Waals surface area contributed by atoms with E-state index in [2.05, 4.69) is 15.0 Å². The van der Waals surface area contributed by atoms with E-state index in [0.29, 0.717) is 36.5 Å². The SMILES string of the molecule is O=C(Nc1ccc(F)c(S(=O)(=O)Nc2ccc(Cl)cc2)c1)c1csc(N2CCOCC2)n1. The summed E-state index contributed by atoms with van der Waals surface area (Å²) in [6, 6.07) is 9.24. The zero-order valence-corrected chi connectivity index (χ0v) is 18.9. The molecule has 32 heavy (non-hydrogen) atoms. The summed E-state index contributed by atoms with van der Waals surface area (Å²) in [5.74, 6) is -1.48. The van der Waals surface area contributed by atoms with Crippen molar-refractivity contribution < 1.29 is 22.3 Å². The molecule has 1 aliphatic rings. The van der Waals surface area contributed by atoms with Crippen LogP contribution >= 0.6 is 22.9 Å². The maximum atomic E-state index is 14.3. The highest BCUT2D eigenvalue weighted by molar-refractivity contribution is 7.92. The molecule has 1 fully saturated rings. The second-order valence-electron chi connectivity index (χ2n) is 6.83. The Kier molecular flexibility index (Phi) is 6.60. The minimum Gasteiger partial charge on any atom is -0.378 e. The highest BCUT2D eigenvalue weighted by Crippen LogP contribution is 2.25. The van der Waals surface area contributed by atoms with Gasteiger partial charge in [-0.15, -0.1) is 11.3 Å². The molecule has 0 atom stereocenters. The fraction of sp³-hybridized carbons (Fsp3) is 0.200. The second-order valence-corrected chi connectivity index (χ2v) is 9.75. The first-order valence-corrected chi connectivity index (χ1v) is 12.2. The lowest BCUT2D eigenvalue weighted by Gasteiger charge is -2.25. The van der Waals surface area contributed by atoms with E-state index in [1.165, 1.54) is 41.7 Å². The van der Waals surface area contributed by atoms with E-state index in [0.717, 1.165) is 12.1 Å². The minimum absolute atomic E-state index is 0.119. The number of morpholine rings is 1. The number of sulfonamides is 1. The molecule has 4 rings (SSSR count). The van der Waals surface area contributed by atoms with Gasteiger partial charge in [-0.3, -0.25) is 9.52 Å². The topological polar surface area (TPSA) is 101 Å². The number of thiazole rings is 1. The minimum atomic E-state index is -4.24. The average Bonchev–Trinajstić information content (AvgIpc) is 3.28. The van der Waals surface area contributed by atoms with Gasteiger partial charge in [-0.25, -0.2) is 17.8 Å². The van der Waals surface area contributed by atoms with Gasteiger partial charge >= 0.3 is 0 Å². The van der Waals surface area contributed by atoms with Crippen LogP contribution in [0.2, 0.25) is 5.02 Å². The van der Waals surface area contributed by atoms with Gasteiger partial charge in [-0.2, -0.15) is 0 Å². The Balaban J connectivity index is 1.50. The van der Waals surface area contributed by atoms with Gasteiger partial charge in [0.05, 0.1) is 13.2 Å². The molecule has 0 spiro atoms. The quantitative estimate of drug-likeness (QED) is 0.538. The number of anilines is 3. The monoisotopic (exact) mass is 496 g/mol. The van der Waals surface area contributed by atoms with Gasteiger partial charge in [0.25, 0.3) is 15.9 Å². The van der Waals surface area contributed by atoms with E-state index in [-0.39, 0.29) is 17.1 Å². The zero-order chi connectivity index (χ0) is 22.7. The number of carbonyl (C=O) groups is 1. The Morgan fingerprint density at radius 1 is 1.12 bits per heavy atom. The number of aromatic nitrogens is 1. The van der Waals surface area contributed by atoms with Crippen LogP contribution in [-0.2, 0) is 14.8 Å². The number of halogens is 2. The number of amides is 1. The molecule has 2 heterocycles. The number of nitrogens with one attached hydrogen (secondary N) is 2. The average molecular weight is 497 g/mol. The van der Waals surface area contributed by atoms with Crippen molar-refractivity contribution in [2.45, 2.75) is 4.90 Å². The van der Waals surface area contributed by atoms with Gasteiger partial charge < -0.3 is 15.0 Å². The number of nitrogens with zero attached hydrogens (tertiary/aromatic N) is 2. The molecule has 0 bridgehead atoms. The number of hydrogen-bond acceptors (Lipinski definition) is 7. The first-order chi connectivity index (χ1) is 15.3. The van der Waals surface area contributed by atoms with Crippen LogP contribution in [0, 0.1) is 5.82 Å². The summed E-state index contributed by atoms with van der Waals surface area (Å²) < 4.78 is 47.3. The largest absolute Gasteiger partial charge is 0.378 e. The van der Waals surface area contributed by atoms with E-state index in [1.54, 1.807) is 5.38 Å². The molecule has 2 N–H and O–H groups in total. The highest BCUT2D eigenvalue weighted by Gasteiger charge is 2.22. The van der Waals surface area contributed by atoms with E-state index in [9.17, 15) is 17.6 Å². The smallest absolute Gasteiger partial charge is 0.275 e. The van der Waals surface area contributed by atoms with Gasteiger partial charge in [-0.05, 0) is 42.5 Å². The van der Waals surface area contributed by atoms with Crippen molar-refractivity contribution in [3.63, 3.8) is 0 Å². The van der Waals surface area contributed by atoms with Crippen LogP contribution in [0.1, 0.15) is 10.5 Å². The third-order valence-corrected chi connectivity index (χ3v) is 7.13. The molecule has 168 valence electrons. The molecule has 3 aromatic rings. The van der Waals surface area contributed by atoms with Crippen molar-refractivity contribution in [1.82, 2.24) is 4.98 Å². The molecule has 1 aliphatic heterocycles. The molecule has 0 saturated carbocycles. The van der Waals surface area contributed by atoms with Crippen LogP contribution in [0.15, 0.2) is 52.7 Å². The molecule has 0 unspecified atom stereocenters. The standard InChI is InChI=1S/C20H18ClFN4O4S2/c21-13-1-3-14(4-2-13)25-32(28,29)18-11-15(5-6-16(18)22)23-19(27)17-12-31-20(24-17)26-7-9-30-10-8-26/h1-6,11-12,25H,7-10H2,(H,23,27). The van der Waals surface area contributed by atoms with E-state index < -0.39 is 26.6 Å². The zero-order valence-electron chi connectivity index (χ0n) is 16.5. The van der Waals surface area contributed by atoms with E-state index in [4.69, 9.17) is 16.3 Å². The molecule has 0 aliphatic carbocycles. The van der Waals surface area contributed by atoms with E-state index >= 15 is 0 Å². The molecule has 0 radical (unpaired) electrons. The van der Waals surface area contributed by atoms with Crippen molar-refractivity contribution >= 4 is 55.4 Å². The summed E-state index contributed by atoms with van der Waals surface area (Å²) >= 11 is 7.13. The second kappa shape index (κ2) is 9.41. The van der Waals surface area contributed by atoms with Crippen molar-refractivity contribution in [2.24, 2.45) is 0 Å². The van der Waals surface area contributed by atoms with Crippen LogP contribution in [0.5, 0.6) is 0 Å². The Labute approximate surface area is 193 Å². The Bertz CT molecular complexity index is 1230. The van der Waals surface area contributed by atoms with Crippen LogP contribution in [-0.4, -0.2) is 45.6 Å². The van der Waals surface area contributed by atoms with Gasteiger partial charge in [0.15, 0.2) is 5.13 Å². The summed E-state index contributed by atoms with van der Waals surface area (Å²) in [6.07, 6.45) is 0. The first kappa shape index (κ1) is 22.5. The fourth-order valence-corrected chi connectivity index (χ4v) is 5.13. The molecule has 1 aromatic heterocycles. The van der Waals surface area contributed by atoms with E-state index in [1.807, 2.05) is 4.90 Å². The number of hydrogen-bond donors (Lipinski definition) is 2. The summed E-state index contributed by atoms with van der Waals surface area (Å²) in [5, 5.41) is 5.32. The van der Waals surface area contributed by atoms with Crippen LogP contribution in [0.3, 0.4) is 0 Å². The van der Waals surface area contributed by atoms with Gasteiger partial charge in [0, 0.05) is 34.9 Å². The fourth-order valence-electron chi connectivity index (χ4n) is 2.98. The number of benzene rings is 2. The predicted octanol–water partition coefficient (Wildman–Crippen LogP) is 3.83. The van der Waals surface area contributed by atoms with Gasteiger partial charge in [0.2, 0.25) is 0 Å². The maximum absolute atomic E-state index is 14.3. The number of rotatable bonds is 6. The highest BCUT2D eigenvalue weighted by atomic mass is 35.5. The van der Waals surface area contributed by atoms with Crippen LogP contribution in [0.25, 0.3) is 0 Å². The Morgan fingerprint density at radius 3 is 2.53 bits per heavy atom. The third-order valence-electron chi connectivity index (χ3n) is 4.58. The molecule has 12 heteroatoms. The normalized spacial score (nSPS) is 14.2. The number of carbonyl (C=O) groups excluding carboxylic acids is 1. The maximum Gasteiger partial charge on any atom is 0.275 e. The van der Waals surface area contributed by atoms with Crippen LogP contribution < -0.4 is 14.9 Å². The number of ether oxygens (including phenoxy) is 1. The lowest BCUT2D eigenvalue weighted by molar-refractivity contribution is 0.102. The first-order valence-electron chi connectivity index (χ1n) is 9.49. The molecule has 1 saturated heterocycles. The Hall–Kier alpha value is -2.73. The van der Waals surface area contributed by atoms with Gasteiger partial charge in [0.1, 0.15) is 16.4 Å². The summed E-state index contributed by atoms with van der Waals surface area (Å²) in [7, 11) is -4.24. The molecule has 2 aromatic carbocycles.